The first-order valence-corrected chi connectivity index (χ1v) is 12.4. The van der Waals surface area contributed by atoms with E-state index in [0.717, 1.165) is 59.6 Å². The van der Waals surface area contributed by atoms with Crippen molar-refractivity contribution in [1.29, 1.82) is 0 Å². The fourth-order valence-corrected chi connectivity index (χ4v) is 5.56. The second-order valence-electron chi connectivity index (χ2n) is 10.1. The van der Waals surface area contributed by atoms with Gasteiger partial charge in [-0.25, -0.2) is 0 Å². The highest BCUT2D eigenvalue weighted by Crippen LogP contribution is 2.55. The highest BCUT2D eigenvalue weighted by molar-refractivity contribution is 5.98. The van der Waals surface area contributed by atoms with Crippen LogP contribution in [0.2, 0.25) is 0 Å². The number of anilines is 1. The van der Waals surface area contributed by atoms with E-state index in [1.165, 1.54) is 17.7 Å². The van der Waals surface area contributed by atoms with E-state index >= 15 is 0 Å². The molecule has 36 heavy (non-hydrogen) atoms. The van der Waals surface area contributed by atoms with Crippen LogP contribution < -0.4 is 10.6 Å². The molecule has 3 aromatic rings. The molecule has 0 bridgehead atoms. The maximum Gasteiger partial charge on any atom is 0.416 e. The number of alkyl halides is 3. The molecule has 0 aliphatic heterocycles. The van der Waals surface area contributed by atoms with Crippen LogP contribution in [0.5, 0.6) is 0 Å². The molecule has 0 saturated heterocycles. The van der Waals surface area contributed by atoms with E-state index in [0.29, 0.717) is 6.54 Å². The van der Waals surface area contributed by atoms with Crippen LogP contribution in [0, 0.1) is 18.8 Å². The predicted octanol–water partition coefficient (Wildman–Crippen LogP) is 6.33. The van der Waals surface area contributed by atoms with Gasteiger partial charge in [0, 0.05) is 23.3 Å². The summed E-state index contributed by atoms with van der Waals surface area (Å²) in [5.74, 6) is -0.439. The number of carbonyl (C=O) groups is 1. The van der Waals surface area contributed by atoms with Gasteiger partial charge >= 0.3 is 6.18 Å². The van der Waals surface area contributed by atoms with Crippen LogP contribution in [0.4, 0.5) is 18.9 Å². The fraction of sp³-hybridized carbons (Fsp3) is 0.379. The number of carbonyl (C=O) groups excluding carboxylic acids is 1. The van der Waals surface area contributed by atoms with Crippen molar-refractivity contribution in [2.24, 2.45) is 17.6 Å². The van der Waals surface area contributed by atoms with E-state index in [2.05, 4.69) is 11.1 Å². The summed E-state index contributed by atoms with van der Waals surface area (Å²) in [6.07, 6.45) is -1.43. The minimum Gasteiger partial charge on any atom is -0.324 e. The van der Waals surface area contributed by atoms with Crippen LogP contribution in [0.1, 0.15) is 65.4 Å². The molecule has 1 fully saturated rings. The summed E-state index contributed by atoms with van der Waals surface area (Å²) in [6, 6.07) is 17.0. The molecular formula is C29H30F3N3O. The van der Waals surface area contributed by atoms with Crippen molar-refractivity contribution in [3.05, 3.63) is 94.3 Å². The molecule has 1 aromatic heterocycles. The Bertz CT molecular complexity index is 1270. The van der Waals surface area contributed by atoms with Gasteiger partial charge in [-0.3, -0.25) is 9.78 Å². The number of amides is 1. The molecule has 1 heterocycles. The van der Waals surface area contributed by atoms with Gasteiger partial charge in [-0.15, -0.1) is 0 Å². The van der Waals surface area contributed by atoms with E-state index in [4.69, 9.17) is 5.73 Å². The van der Waals surface area contributed by atoms with Crippen LogP contribution in [-0.4, -0.2) is 10.9 Å². The average Bonchev–Trinajstić information content (AvgIpc) is 3.52. The highest BCUT2D eigenvalue weighted by Gasteiger charge is 2.54. The van der Waals surface area contributed by atoms with Gasteiger partial charge in [-0.1, -0.05) is 31.2 Å². The van der Waals surface area contributed by atoms with Gasteiger partial charge in [0.15, 0.2) is 0 Å². The third-order valence-corrected chi connectivity index (χ3v) is 7.62. The van der Waals surface area contributed by atoms with E-state index in [1.54, 1.807) is 4.90 Å². The van der Waals surface area contributed by atoms with Crippen molar-refractivity contribution in [2.75, 3.05) is 4.90 Å². The summed E-state index contributed by atoms with van der Waals surface area (Å²) < 4.78 is 39.1. The third kappa shape index (κ3) is 4.76. The molecule has 188 valence electrons. The predicted molar refractivity (Wildman–Crippen MR) is 133 cm³/mol. The number of hydrogen-bond acceptors (Lipinski definition) is 3. The molecule has 2 aliphatic carbocycles. The molecule has 1 saturated carbocycles. The number of hydrogen-bond donors (Lipinski definition) is 1. The SMILES string of the molecule is Cc1cccc(CN(C(=O)C2C(C)C2c2ccc(C(F)(F)F)cc2)c2ccc3c(c2)C(N)CCC3)n1. The van der Waals surface area contributed by atoms with E-state index < -0.39 is 11.7 Å². The summed E-state index contributed by atoms with van der Waals surface area (Å²) in [4.78, 5) is 20.3. The molecule has 5 rings (SSSR count). The Morgan fingerprint density at radius 3 is 2.56 bits per heavy atom. The standard InChI is InChI=1S/C29H30F3N3O/c1-17-5-3-7-22(34-17)16-35(23-14-11-19-6-4-8-25(33)24(19)15-23)28(36)27-18(2)26(27)20-9-12-21(13-10-20)29(30,31)32/h3,5,7,9-15,18,25-27H,4,6,8,16,33H2,1-2H3. The molecule has 7 heteroatoms. The lowest BCUT2D eigenvalue weighted by Gasteiger charge is -2.28. The molecule has 0 spiro atoms. The van der Waals surface area contributed by atoms with Crippen molar-refractivity contribution >= 4 is 11.6 Å². The number of nitrogens with zero attached hydrogens (tertiary/aromatic N) is 2. The van der Waals surface area contributed by atoms with Crippen LogP contribution in [-0.2, 0) is 23.9 Å². The Labute approximate surface area is 209 Å². The number of fused-ring (bicyclic) bond motifs is 1. The summed E-state index contributed by atoms with van der Waals surface area (Å²) in [5.41, 5.74) is 11.2. The first kappa shape index (κ1) is 24.5. The number of aryl methyl sites for hydroxylation is 2. The lowest BCUT2D eigenvalue weighted by Crippen LogP contribution is -2.33. The summed E-state index contributed by atoms with van der Waals surface area (Å²) in [7, 11) is 0. The largest absolute Gasteiger partial charge is 0.416 e. The second-order valence-corrected chi connectivity index (χ2v) is 10.1. The maximum absolute atomic E-state index is 14.0. The normalized spacial score (nSPS) is 23.2. The lowest BCUT2D eigenvalue weighted by molar-refractivity contribution is -0.137. The van der Waals surface area contributed by atoms with Crippen molar-refractivity contribution in [2.45, 2.75) is 57.8 Å². The smallest absolute Gasteiger partial charge is 0.324 e. The maximum atomic E-state index is 14.0. The number of benzene rings is 2. The Morgan fingerprint density at radius 1 is 1.11 bits per heavy atom. The Kier molecular flexibility index (Phi) is 6.37. The number of pyridine rings is 1. The lowest BCUT2D eigenvalue weighted by atomic mass is 9.88. The third-order valence-electron chi connectivity index (χ3n) is 7.62. The monoisotopic (exact) mass is 493 g/mol. The molecule has 1 amide bonds. The van der Waals surface area contributed by atoms with Gasteiger partial charge in [0.05, 0.1) is 17.8 Å². The van der Waals surface area contributed by atoms with Crippen LogP contribution in [0.15, 0.2) is 60.7 Å². The van der Waals surface area contributed by atoms with E-state index in [9.17, 15) is 18.0 Å². The number of aromatic nitrogens is 1. The number of halogens is 3. The molecule has 4 unspecified atom stereocenters. The quantitative estimate of drug-likeness (QED) is 0.452. The van der Waals surface area contributed by atoms with E-state index in [-0.39, 0.29) is 29.7 Å². The van der Waals surface area contributed by atoms with Gasteiger partial charge in [0.1, 0.15) is 0 Å². The number of nitrogens with two attached hydrogens (primary N) is 1. The van der Waals surface area contributed by atoms with Crippen molar-refractivity contribution in [3.8, 4) is 0 Å². The molecule has 2 N–H and O–H groups in total. The zero-order chi connectivity index (χ0) is 25.6. The van der Waals surface area contributed by atoms with Crippen LogP contribution in [0.3, 0.4) is 0 Å². The minimum atomic E-state index is -4.38. The summed E-state index contributed by atoms with van der Waals surface area (Å²) >= 11 is 0. The highest BCUT2D eigenvalue weighted by atomic mass is 19.4. The van der Waals surface area contributed by atoms with Crippen LogP contribution >= 0.6 is 0 Å². The van der Waals surface area contributed by atoms with Gasteiger partial charge in [0.2, 0.25) is 5.91 Å². The fourth-order valence-electron chi connectivity index (χ4n) is 5.56. The van der Waals surface area contributed by atoms with E-state index in [1.807, 2.05) is 44.2 Å². The van der Waals surface area contributed by atoms with Crippen LogP contribution in [0.25, 0.3) is 0 Å². The Morgan fingerprint density at radius 2 is 1.86 bits per heavy atom. The molecule has 2 aliphatic rings. The minimum absolute atomic E-state index is 0.0297. The number of rotatable bonds is 5. The van der Waals surface area contributed by atoms with Gasteiger partial charge in [-0.05, 0) is 91.1 Å². The molecule has 2 aromatic carbocycles. The van der Waals surface area contributed by atoms with Crippen molar-refractivity contribution in [3.63, 3.8) is 0 Å². The average molecular weight is 494 g/mol. The van der Waals surface area contributed by atoms with Crippen molar-refractivity contribution in [1.82, 2.24) is 4.98 Å². The zero-order valence-electron chi connectivity index (χ0n) is 20.4. The topological polar surface area (TPSA) is 59.2 Å². The first-order chi connectivity index (χ1) is 17.1. The second kappa shape index (κ2) is 9.36. The molecular weight excluding hydrogens is 463 g/mol. The summed E-state index contributed by atoms with van der Waals surface area (Å²) in [5, 5.41) is 0. The zero-order valence-corrected chi connectivity index (χ0v) is 20.4. The van der Waals surface area contributed by atoms with Gasteiger partial charge in [-0.2, -0.15) is 13.2 Å². The Balaban J connectivity index is 1.45. The first-order valence-electron chi connectivity index (χ1n) is 12.4. The van der Waals surface area contributed by atoms with Crippen molar-refractivity contribution < 1.29 is 18.0 Å². The molecule has 0 radical (unpaired) electrons. The summed E-state index contributed by atoms with van der Waals surface area (Å²) in [6.45, 7) is 4.21. The van der Waals surface area contributed by atoms with Gasteiger partial charge < -0.3 is 10.6 Å². The van der Waals surface area contributed by atoms with Gasteiger partial charge in [0.25, 0.3) is 0 Å². The Hall–Kier alpha value is -3.19. The molecule has 4 atom stereocenters. The molecule has 4 nitrogen and oxygen atoms in total.